The molecule has 1 aromatic carbocycles. The average Bonchev–Trinajstić information content (AvgIpc) is 2.55. The van der Waals surface area contributed by atoms with Gasteiger partial charge in [-0.2, -0.15) is 13.5 Å². The SMILES string of the molecule is CC1=NN(c2ccc(S(=O)(=O)O)c(Cl)c2)C(=O)C1. The molecule has 1 N–H and O–H groups in total. The van der Waals surface area contributed by atoms with Crippen LogP contribution in [0.25, 0.3) is 0 Å². The van der Waals surface area contributed by atoms with Crippen molar-refractivity contribution in [3.05, 3.63) is 23.2 Å². The Morgan fingerprint density at radius 1 is 1.44 bits per heavy atom. The van der Waals surface area contributed by atoms with Gasteiger partial charge in [-0.05, 0) is 25.1 Å². The van der Waals surface area contributed by atoms with Crippen LogP contribution in [0.4, 0.5) is 5.69 Å². The van der Waals surface area contributed by atoms with Gasteiger partial charge in [0.1, 0.15) is 4.90 Å². The van der Waals surface area contributed by atoms with E-state index in [0.29, 0.717) is 11.4 Å². The van der Waals surface area contributed by atoms with Crippen molar-refractivity contribution in [2.45, 2.75) is 18.2 Å². The van der Waals surface area contributed by atoms with Crippen molar-refractivity contribution in [3.8, 4) is 0 Å². The summed E-state index contributed by atoms with van der Waals surface area (Å²) in [5, 5.41) is 4.99. The maximum atomic E-state index is 11.6. The number of hydrogen-bond donors (Lipinski definition) is 1. The Kier molecular flexibility index (Phi) is 3.14. The molecule has 0 radical (unpaired) electrons. The molecule has 0 spiro atoms. The van der Waals surface area contributed by atoms with E-state index in [1.807, 2.05) is 0 Å². The topological polar surface area (TPSA) is 87.0 Å². The highest BCUT2D eigenvalue weighted by atomic mass is 35.5. The minimum atomic E-state index is -4.37. The van der Waals surface area contributed by atoms with Crippen LogP contribution in [-0.4, -0.2) is 24.6 Å². The maximum Gasteiger partial charge on any atom is 0.296 e. The lowest BCUT2D eigenvalue weighted by atomic mass is 10.3. The predicted octanol–water partition coefficient (Wildman–Crippen LogP) is 1.70. The van der Waals surface area contributed by atoms with Gasteiger partial charge in [0, 0.05) is 5.71 Å². The fourth-order valence-corrected chi connectivity index (χ4v) is 2.60. The first-order chi connectivity index (χ1) is 8.29. The molecule has 0 saturated carbocycles. The summed E-state index contributed by atoms with van der Waals surface area (Å²) in [7, 11) is -4.37. The van der Waals surface area contributed by atoms with Gasteiger partial charge >= 0.3 is 0 Å². The van der Waals surface area contributed by atoms with E-state index in [1.54, 1.807) is 6.92 Å². The van der Waals surface area contributed by atoms with Crippen LogP contribution in [0.5, 0.6) is 0 Å². The number of amides is 1. The molecule has 0 unspecified atom stereocenters. The number of benzene rings is 1. The summed E-state index contributed by atoms with van der Waals surface area (Å²) in [5.41, 5.74) is 1.02. The zero-order valence-corrected chi connectivity index (χ0v) is 10.9. The van der Waals surface area contributed by atoms with E-state index in [4.69, 9.17) is 16.2 Å². The van der Waals surface area contributed by atoms with Crippen molar-refractivity contribution in [3.63, 3.8) is 0 Å². The number of hydrazone groups is 1. The monoisotopic (exact) mass is 288 g/mol. The van der Waals surface area contributed by atoms with E-state index in [9.17, 15) is 13.2 Å². The first kappa shape index (κ1) is 13.0. The van der Waals surface area contributed by atoms with Gasteiger partial charge in [0.05, 0.1) is 17.1 Å². The minimum absolute atomic E-state index is 0.164. The van der Waals surface area contributed by atoms with Crippen molar-refractivity contribution in [1.29, 1.82) is 0 Å². The number of carbonyl (C=O) groups excluding carboxylic acids is 1. The maximum absolute atomic E-state index is 11.6. The molecule has 0 saturated heterocycles. The Labute approximate surface area is 109 Å². The van der Waals surface area contributed by atoms with Gasteiger partial charge in [-0.1, -0.05) is 11.6 Å². The van der Waals surface area contributed by atoms with Crippen LogP contribution in [-0.2, 0) is 14.9 Å². The van der Waals surface area contributed by atoms with Crippen molar-refractivity contribution in [1.82, 2.24) is 0 Å². The van der Waals surface area contributed by atoms with E-state index in [0.717, 1.165) is 11.1 Å². The van der Waals surface area contributed by atoms with Crippen LogP contribution < -0.4 is 5.01 Å². The minimum Gasteiger partial charge on any atom is -0.282 e. The Balaban J connectivity index is 2.45. The molecule has 0 atom stereocenters. The Bertz CT molecular complexity index is 654. The lowest BCUT2D eigenvalue weighted by molar-refractivity contribution is -0.116. The van der Waals surface area contributed by atoms with Crippen LogP contribution in [0, 0.1) is 0 Å². The standard InChI is InChI=1S/C10H9ClN2O4S/c1-6-4-10(14)13(12-6)7-2-3-9(8(11)5-7)18(15,16)17/h2-3,5H,4H2,1H3,(H,15,16,17). The van der Waals surface area contributed by atoms with Gasteiger partial charge < -0.3 is 0 Å². The van der Waals surface area contributed by atoms with Gasteiger partial charge in [-0.15, -0.1) is 0 Å². The zero-order chi connectivity index (χ0) is 13.5. The summed E-state index contributed by atoms with van der Waals surface area (Å²) in [4.78, 5) is 11.2. The smallest absolute Gasteiger partial charge is 0.282 e. The molecular formula is C10H9ClN2O4S. The third kappa shape index (κ3) is 2.38. The first-order valence-electron chi connectivity index (χ1n) is 4.93. The molecule has 96 valence electrons. The molecule has 1 aromatic rings. The Hall–Kier alpha value is -1.44. The number of rotatable bonds is 2. The molecule has 1 aliphatic rings. The van der Waals surface area contributed by atoms with Crippen LogP contribution in [0.3, 0.4) is 0 Å². The van der Waals surface area contributed by atoms with Gasteiger partial charge in [0.2, 0.25) is 0 Å². The second kappa shape index (κ2) is 4.34. The zero-order valence-electron chi connectivity index (χ0n) is 9.29. The molecule has 0 aromatic heterocycles. The Morgan fingerprint density at radius 3 is 2.56 bits per heavy atom. The van der Waals surface area contributed by atoms with E-state index in [2.05, 4.69) is 5.10 Å². The highest BCUT2D eigenvalue weighted by molar-refractivity contribution is 7.86. The number of carbonyl (C=O) groups is 1. The summed E-state index contributed by atoms with van der Waals surface area (Å²) in [6.45, 7) is 1.71. The average molecular weight is 289 g/mol. The van der Waals surface area contributed by atoms with Crippen LogP contribution >= 0.6 is 11.6 Å². The van der Waals surface area contributed by atoms with Crippen LogP contribution in [0.2, 0.25) is 5.02 Å². The molecule has 0 aliphatic carbocycles. The summed E-state index contributed by atoms with van der Waals surface area (Å²) < 4.78 is 30.8. The third-order valence-electron chi connectivity index (χ3n) is 2.35. The van der Waals surface area contributed by atoms with Crippen molar-refractivity contribution in [2.24, 2.45) is 5.10 Å². The Morgan fingerprint density at radius 2 is 2.11 bits per heavy atom. The fourth-order valence-electron chi connectivity index (χ4n) is 1.59. The van der Waals surface area contributed by atoms with E-state index in [1.165, 1.54) is 12.1 Å². The lowest BCUT2D eigenvalue weighted by Gasteiger charge is -2.12. The third-order valence-corrected chi connectivity index (χ3v) is 3.69. The highest BCUT2D eigenvalue weighted by Gasteiger charge is 2.24. The van der Waals surface area contributed by atoms with Crippen molar-refractivity contribution >= 4 is 39.0 Å². The normalized spacial score (nSPS) is 16.1. The quantitative estimate of drug-likeness (QED) is 0.839. The molecule has 0 bridgehead atoms. The van der Waals surface area contributed by atoms with Crippen molar-refractivity contribution < 1.29 is 17.8 Å². The lowest BCUT2D eigenvalue weighted by Crippen LogP contribution is -2.19. The summed E-state index contributed by atoms with van der Waals surface area (Å²) in [6.07, 6.45) is 0.220. The van der Waals surface area contributed by atoms with Gasteiger partial charge in [0.25, 0.3) is 16.0 Å². The van der Waals surface area contributed by atoms with Gasteiger partial charge in [-0.25, -0.2) is 5.01 Å². The van der Waals surface area contributed by atoms with E-state index in [-0.39, 0.29) is 17.4 Å². The number of anilines is 1. The molecule has 1 heterocycles. The molecule has 8 heteroatoms. The van der Waals surface area contributed by atoms with E-state index < -0.39 is 15.0 Å². The second-order valence-electron chi connectivity index (χ2n) is 3.81. The molecule has 1 aliphatic heterocycles. The van der Waals surface area contributed by atoms with Crippen molar-refractivity contribution in [2.75, 3.05) is 5.01 Å². The summed E-state index contributed by atoms with van der Waals surface area (Å²) in [5.74, 6) is -0.219. The fraction of sp³-hybridized carbons (Fsp3) is 0.200. The number of halogens is 1. The molecule has 6 nitrogen and oxygen atoms in total. The number of nitrogens with zero attached hydrogens (tertiary/aromatic N) is 2. The summed E-state index contributed by atoms with van der Waals surface area (Å²) in [6, 6.07) is 3.75. The number of hydrogen-bond acceptors (Lipinski definition) is 4. The molecule has 1 amide bonds. The van der Waals surface area contributed by atoms with E-state index >= 15 is 0 Å². The largest absolute Gasteiger partial charge is 0.296 e. The molecule has 0 fully saturated rings. The second-order valence-corrected chi connectivity index (χ2v) is 5.60. The van der Waals surface area contributed by atoms with Gasteiger partial charge in [0.15, 0.2) is 0 Å². The highest BCUT2D eigenvalue weighted by Crippen LogP contribution is 2.28. The molecular weight excluding hydrogens is 280 g/mol. The molecule has 18 heavy (non-hydrogen) atoms. The molecule has 2 rings (SSSR count). The van der Waals surface area contributed by atoms with Gasteiger partial charge in [-0.3, -0.25) is 9.35 Å². The predicted molar refractivity (Wildman–Crippen MR) is 66.5 cm³/mol. The van der Waals surface area contributed by atoms with Crippen LogP contribution in [0.15, 0.2) is 28.2 Å². The van der Waals surface area contributed by atoms with Crippen LogP contribution in [0.1, 0.15) is 13.3 Å². The first-order valence-corrected chi connectivity index (χ1v) is 6.75. The summed E-state index contributed by atoms with van der Waals surface area (Å²) >= 11 is 5.75.